The van der Waals surface area contributed by atoms with Crippen LogP contribution in [0, 0.1) is 11.6 Å². The zero-order valence-corrected chi connectivity index (χ0v) is 11.9. The molecule has 0 saturated heterocycles. The third kappa shape index (κ3) is 4.23. The largest absolute Gasteiger partial charge is 0.383 e. The molecule has 0 radical (unpaired) electrons. The summed E-state index contributed by atoms with van der Waals surface area (Å²) in [5.41, 5.74) is 7.26. The van der Waals surface area contributed by atoms with Crippen molar-refractivity contribution in [3.05, 3.63) is 59.3 Å². The van der Waals surface area contributed by atoms with Gasteiger partial charge >= 0.3 is 0 Å². The van der Waals surface area contributed by atoms with Crippen LogP contribution in [0.5, 0.6) is 0 Å². The summed E-state index contributed by atoms with van der Waals surface area (Å²) in [6.07, 6.45) is 2.75. The summed E-state index contributed by atoms with van der Waals surface area (Å²) < 4.78 is 26.7. The lowest BCUT2D eigenvalue weighted by Crippen LogP contribution is -2.33. The molecule has 3 N–H and O–H groups in total. The van der Waals surface area contributed by atoms with Crippen LogP contribution in [0.15, 0.2) is 36.5 Å². The maximum atomic E-state index is 13.8. The highest BCUT2D eigenvalue weighted by atomic mass is 19.1. The Kier molecular flexibility index (Phi) is 5.22. The van der Waals surface area contributed by atoms with E-state index in [2.05, 4.69) is 10.3 Å². The highest BCUT2D eigenvalue weighted by Gasteiger charge is 2.14. The molecule has 1 atom stereocenters. The number of nitrogen functional groups attached to an aromatic ring is 1. The normalized spacial score (nSPS) is 12.3. The monoisotopic (exact) mass is 291 g/mol. The number of hydrogen-bond donors (Lipinski definition) is 2. The summed E-state index contributed by atoms with van der Waals surface area (Å²) in [7, 11) is 0. The first kappa shape index (κ1) is 15.4. The Balaban J connectivity index is 2.14. The molecule has 1 unspecified atom stereocenters. The summed E-state index contributed by atoms with van der Waals surface area (Å²) in [6, 6.07) is 7.43. The number of likely N-dealkylation sites (N-methyl/N-ethyl adjacent to an activating group) is 1. The first-order valence-electron chi connectivity index (χ1n) is 6.96. The zero-order chi connectivity index (χ0) is 15.2. The van der Waals surface area contributed by atoms with Gasteiger partial charge in [0.2, 0.25) is 0 Å². The predicted octanol–water partition coefficient (Wildman–Crippen LogP) is 2.71. The molecule has 1 aromatic carbocycles. The molecule has 0 saturated carbocycles. The van der Waals surface area contributed by atoms with E-state index in [1.807, 2.05) is 19.1 Å². The van der Waals surface area contributed by atoms with Crippen molar-refractivity contribution in [1.29, 1.82) is 0 Å². The molecule has 0 bridgehead atoms. The molecule has 2 aromatic rings. The Bertz CT molecular complexity index is 602. The van der Waals surface area contributed by atoms with Crippen LogP contribution in [0.4, 0.5) is 14.6 Å². The third-order valence-electron chi connectivity index (χ3n) is 3.37. The van der Waals surface area contributed by atoms with Gasteiger partial charge in [0, 0.05) is 18.3 Å². The van der Waals surface area contributed by atoms with Crippen molar-refractivity contribution < 1.29 is 8.78 Å². The lowest BCUT2D eigenvalue weighted by Gasteiger charge is -2.19. The van der Waals surface area contributed by atoms with Crippen LogP contribution in [0.3, 0.4) is 0 Å². The quantitative estimate of drug-likeness (QED) is 0.860. The highest BCUT2D eigenvalue weighted by Crippen LogP contribution is 2.16. The fourth-order valence-corrected chi connectivity index (χ4v) is 2.35. The highest BCUT2D eigenvalue weighted by molar-refractivity contribution is 5.39. The van der Waals surface area contributed by atoms with E-state index in [1.54, 1.807) is 6.20 Å². The predicted molar refractivity (Wildman–Crippen MR) is 79.9 cm³/mol. The Hall–Kier alpha value is -2.01. The SMILES string of the molecule is CCNC(Cc1ccc(F)cc1F)Cc1cccnc1N. The summed E-state index contributed by atoms with van der Waals surface area (Å²) in [5.74, 6) is -0.593. The summed E-state index contributed by atoms with van der Waals surface area (Å²) >= 11 is 0. The molecule has 0 aliphatic carbocycles. The van der Waals surface area contributed by atoms with Gasteiger partial charge in [-0.2, -0.15) is 0 Å². The first-order valence-corrected chi connectivity index (χ1v) is 6.96. The molecule has 3 nitrogen and oxygen atoms in total. The number of halogens is 2. The van der Waals surface area contributed by atoms with E-state index < -0.39 is 11.6 Å². The minimum Gasteiger partial charge on any atom is -0.383 e. The Morgan fingerprint density at radius 2 is 1.95 bits per heavy atom. The third-order valence-corrected chi connectivity index (χ3v) is 3.37. The zero-order valence-electron chi connectivity index (χ0n) is 11.9. The topological polar surface area (TPSA) is 50.9 Å². The Labute approximate surface area is 123 Å². The molecule has 2 rings (SSSR count). The molecule has 0 fully saturated rings. The van der Waals surface area contributed by atoms with Crippen LogP contribution in [-0.4, -0.2) is 17.6 Å². The van der Waals surface area contributed by atoms with Crippen molar-refractivity contribution in [1.82, 2.24) is 10.3 Å². The molecule has 0 aliphatic rings. The van der Waals surface area contributed by atoms with Crippen LogP contribution in [0.2, 0.25) is 0 Å². The van der Waals surface area contributed by atoms with Crippen LogP contribution in [0.1, 0.15) is 18.1 Å². The minimum absolute atomic E-state index is 0.0152. The molecule has 1 heterocycles. The molecule has 0 aliphatic heterocycles. The number of nitrogens with zero attached hydrogens (tertiary/aromatic N) is 1. The number of anilines is 1. The van der Waals surface area contributed by atoms with Gasteiger partial charge in [-0.3, -0.25) is 0 Å². The number of hydrogen-bond acceptors (Lipinski definition) is 3. The van der Waals surface area contributed by atoms with Gasteiger partial charge in [-0.05, 0) is 42.6 Å². The second kappa shape index (κ2) is 7.13. The van der Waals surface area contributed by atoms with E-state index in [4.69, 9.17) is 5.73 Å². The maximum Gasteiger partial charge on any atom is 0.129 e. The number of aromatic nitrogens is 1. The van der Waals surface area contributed by atoms with Gasteiger partial charge in [0.15, 0.2) is 0 Å². The van der Waals surface area contributed by atoms with Gasteiger partial charge in [-0.25, -0.2) is 13.8 Å². The van der Waals surface area contributed by atoms with E-state index >= 15 is 0 Å². The Morgan fingerprint density at radius 1 is 1.19 bits per heavy atom. The van der Waals surface area contributed by atoms with Gasteiger partial charge in [-0.1, -0.05) is 19.1 Å². The van der Waals surface area contributed by atoms with Crippen molar-refractivity contribution >= 4 is 5.82 Å². The number of rotatable bonds is 6. The van der Waals surface area contributed by atoms with Crippen LogP contribution >= 0.6 is 0 Å². The lowest BCUT2D eigenvalue weighted by atomic mass is 9.99. The number of nitrogens with one attached hydrogen (secondary N) is 1. The minimum atomic E-state index is -0.562. The van der Waals surface area contributed by atoms with Crippen LogP contribution in [-0.2, 0) is 12.8 Å². The van der Waals surface area contributed by atoms with Crippen molar-refractivity contribution in [2.24, 2.45) is 0 Å². The second-order valence-electron chi connectivity index (χ2n) is 4.95. The molecular weight excluding hydrogens is 272 g/mol. The van der Waals surface area contributed by atoms with E-state index in [1.165, 1.54) is 12.1 Å². The summed E-state index contributed by atoms with van der Waals surface area (Å²) in [6.45, 7) is 2.74. The van der Waals surface area contributed by atoms with Crippen molar-refractivity contribution in [3.63, 3.8) is 0 Å². The average molecular weight is 291 g/mol. The van der Waals surface area contributed by atoms with E-state index in [9.17, 15) is 8.78 Å². The molecule has 0 spiro atoms. The fraction of sp³-hybridized carbons (Fsp3) is 0.312. The summed E-state index contributed by atoms with van der Waals surface area (Å²) in [4.78, 5) is 4.05. The average Bonchev–Trinajstić information content (AvgIpc) is 2.44. The first-order chi connectivity index (χ1) is 10.1. The van der Waals surface area contributed by atoms with Gasteiger partial charge in [0.1, 0.15) is 17.5 Å². The van der Waals surface area contributed by atoms with Gasteiger partial charge < -0.3 is 11.1 Å². The van der Waals surface area contributed by atoms with Crippen molar-refractivity contribution in [2.75, 3.05) is 12.3 Å². The van der Waals surface area contributed by atoms with Crippen LogP contribution < -0.4 is 11.1 Å². The van der Waals surface area contributed by atoms with Crippen molar-refractivity contribution in [3.8, 4) is 0 Å². The summed E-state index contributed by atoms with van der Waals surface area (Å²) in [5, 5.41) is 3.30. The molecule has 5 heteroatoms. The van der Waals surface area contributed by atoms with Gasteiger partial charge in [0.05, 0.1) is 0 Å². The number of benzene rings is 1. The molecule has 1 aromatic heterocycles. The lowest BCUT2D eigenvalue weighted by molar-refractivity contribution is 0.502. The van der Waals surface area contributed by atoms with E-state index in [0.29, 0.717) is 24.2 Å². The molecule has 112 valence electrons. The molecular formula is C16H19F2N3. The van der Waals surface area contributed by atoms with Gasteiger partial charge in [0.25, 0.3) is 0 Å². The van der Waals surface area contributed by atoms with E-state index in [0.717, 1.165) is 18.2 Å². The van der Waals surface area contributed by atoms with E-state index in [-0.39, 0.29) is 6.04 Å². The standard InChI is InChI=1S/C16H19F2N3/c1-2-20-14(9-12-4-3-7-21-16(12)19)8-11-5-6-13(17)10-15(11)18/h3-7,10,14,20H,2,8-9H2,1H3,(H2,19,21). The van der Waals surface area contributed by atoms with Crippen molar-refractivity contribution in [2.45, 2.75) is 25.8 Å². The second-order valence-corrected chi connectivity index (χ2v) is 4.95. The maximum absolute atomic E-state index is 13.8. The van der Waals surface area contributed by atoms with Crippen LogP contribution in [0.25, 0.3) is 0 Å². The number of pyridine rings is 1. The number of nitrogens with two attached hydrogens (primary N) is 1. The Morgan fingerprint density at radius 3 is 2.62 bits per heavy atom. The van der Waals surface area contributed by atoms with Gasteiger partial charge in [-0.15, -0.1) is 0 Å². The smallest absolute Gasteiger partial charge is 0.129 e. The molecule has 21 heavy (non-hydrogen) atoms. The fourth-order valence-electron chi connectivity index (χ4n) is 2.35. The molecule has 0 amide bonds.